The first kappa shape index (κ1) is 17.9. The van der Waals surface area contributed by atoms with Gasteiger partial charge in [-0.05, 0) is 38.9 Å². The van der Waals surface area contributed by atoms with Gasteiger partial charge < -0.3 is 10.4 Å². The lowest BCUT2D eigenvalue weighted by atomic mass is 9.61. The number of hydrogen-bond acceptors (Lipinski definition) is 3. The van der Waals surface area contributed by atoms with E-state index in [1.165, 1.54) is 38.9 Å². The fraction of sp³-hybridized carbons (Fsp3) is 0.269. The van der Waals surface area contributed by atoms with Gasteiger partial charge in [-0.1, -0.05) is 66.7 Å². The molecule has 150 valence electrons. The van der Waals surface area contributed by atoms with E-state index in [0.29, 0.717) is 19.0 Å². The Bertz CT molecular complexity index is 1110. The molecule has 0 saturated carbocycles. The van der Waals surface area contributed by atoms with E-state index in [1.807, 2.05) is 0 Å². The van der Waals surface area contributed by atoms with E-state index in [9.17, 15) is 9.90 Å². The van der Waals surface area contributed by atoms with Gasteiger partial charge >= 0.3 is 5.97 Å². The molecule has 4 aliphatic rings. The van der Waals surface area contributed by atoms with Gasteiger partial charge in [0.25, 0.3) is 0 Å². The fourth-order valence-electron chi connectivity index (χ4n) is 5.69. The first-order chi connectivity index (χ1) is 14.7. The van der Waals surface area contributed by atoms with Crippen LogP contribution in [0.4, 0.5) is 0 Å². The standard InChI is InChI=1S/C26H24N2O2/c29-26(30)23-15-28(12-11-27-23)14-16-9-10-21-22(13-16)25-19-7-3-1-5-17(19)24(21)18-6-2-4-8-20(18)25/h1-10,13,23-25,27H,11-12,14-15H2,(H,29,30)/t23-,24?,25?/m1/s1. The van der Waals surface area contributed by atoms with E-state index in [4.69, 9.17) is 0 Å². The lowest BCUT2D eigenvalue weighted by Gasteiger charge is -2.42. The number of aliphatic carboxylic acids is 1. The quantitative estimate of drug-likeness (QED) is 0.490. The molecular weight excluding hydrogens is 372 g/mol. The molecule has 0 radical (unpaired) electrons. The second-order valence-electron chi connectivity index (χ2n) is 8.67. The predicted molar refractivity (Wildman–Crippen MR) is 116 cm³/mol. The minimum absolute atomic E-state index is 0.284. The summed E-state index contributed by atoms with van der Waals surface area (Å²) in [6.07, 6.45) is 0. The highest BCUT2D eigenvalue weighted by atomic mass is 16.4. The average molecular weight is 396 g/mol. The van der Waals surface area contributed by atoms with E-state index in [-0.39, 0.29) is 5.92 Å². The molecule has 3 aliphatic carbocycles. The van der Waals surface area contributed by atoms with Crippen LogP contribution >= 0.6 is 0 Å². The van der Waals surface area contributed by atoms with Gasteiger partial charge in [-0.25, -0.2) is 0 Å². The first-order valence-corrected chi connectivity index (χ1v) is 10.7. The third kappa shape index (κ3) is 2.64. The molecule has 1 fully saturated rings. The normalized spacial score (nSPS) is 24.1. The molecule has 2 N–H and O–H groups in total. The summed E-state index contributed by atoms with van der Waals surface area (Å²) in [5.41, 5.74) is 9.84. The Hall–Kier alpha value is -2.95. The summed E-state index contributed by atoms with van der Waals surface area (Å²) in [5, 5.41) is 12.4. The molecule has 3 aromatic rings. The van der Waals surface area contributed by atoms with Crippen LogP contribution in [0.15, 0.2) is 66.7 Å². The molecular formula is C26H24N2O2. The molecule has 1 heterocycles. The lowest BCUT2D eigenvalue weighted by Crippen LogP contribution is -2.53. The molecule has 0 amide bonds. The van der Waals surface area contributed by atoms with E-state index >= 15 is 0 Å². The van der Waals surface area contributed by atoms with Crippen LogP contribution in [-0.2, 0) is 11.3 Å². The summed E-state index contributed by atoms with van der Waals surface area (Å²) in [5.74, 6) is -0.176. The summed E-state index contributed by atoms with van der Waals surface area (Å²) in [6.45, 7) is 2.93. The highest BCUT2D eigenvalue weighted by Crippen LogP contribution is 2.55. The number of nitrogens with zero attached hydrogens (tertiary/aromatic N) is 1. The number of carbonyl (C=O) groups is 1. The molecule has 0 spiro atoms. The number of rotatable bonds is 3. The highest BCUT2D eigenvalue weighted by Gasteiger charge is 2.40. The molecule has 0 unspecified atom stereocenters. The molecule has 1 saturated heterocycles. The van der Waals surface area contributed by atoms with Gasteiger partial charge in [0, 0.05) is 38.0 Å². The number of hydrogen-bond donors (Lipinski definition) is 2. The molecule has 3 aromatic carbocycles. The monoisotopic (exact) mass is 396 g/mol. The maximum absolute atomic E-state index is 11.4. The SMILES string of the molecule is O=C(O)[C@H]1CN(Cc2ccc3c(c2)C2c4ccccc4C3c3ccccc32)CCN1. The van der Waals surface area contributed by atoms with Gasteiger partial charge in [0.1, 0.15) is 6.04 Å². The largest absolute Gasteiger partial charge is 0.480 e. The maximum atomic E-state index is 11.4. The van der Waals surface area contributed by atoms with Gasteiger partial charge in [-0.2, -0.15) is 0 Å². The Kier molecular flexibility index (Phi) is 4.05. The molecule has 2 bridgehead atoms. The van der Waals surface area contributed by atoms with Crippen LogP contribution in [-0.4, -0.2) is 41.7 Å². The van der Waals surface area contributed by atoms with E-state index < -0.39 is 12.0 Å². The van der Waals surface area contributed by atoms with Gasteiger partial charge in [0.15, 0.2) is 0 Å². The van der Waals surface area contributed by atoms with Crippen molar-refractivity contribution in [2.24, 2.45) is 0 Å². The van der Waals surface area contributed by atoms with Crippen molar-refractivity contribution in [2.75, 3.05) is 19.6 Å². The van der Waals surface area contributed by atoms with E-state index in [2.05, 4.69) is 76.9 Å². The molecule has 30 heavy (non-hydrogen) atoms. The van der Waals surface area contributed by atoms with Gasteiger partial charge in [-0.15, -0.1) is 0 Å². The minimum Gasteiger partial charge on any atom is -0.480 e. The molecule has 7 rings (SSSR count). The van der Waals surface area contributed by atoms with Crippen molar-refractivity contribution < 1.29 is 9.90 Å². The second kappa shape index (κ2) is 6.79. The van der Waals surface area contributed by atoms with Crippen molar-refractivity contribution >= 4 is 5.97 Å². The number of piperazine rings is 1. The maximum Gasteiger partial charge on any atom is 0.322 e. The van der Waals surface area contributed by atoms with Crippen LogP contribution in [0.25, 0.3) is 0 Å². The number of nitrogens with one attached hydrogen (secondary N) is 1. The van der Waals surface area contributed by atoms with Crippen LogP contribution in [0.3, 0.4) is 0 Å². The van der Waals surface area contributed by atoms with Crippen molar-refractivity contribution in [3.05, 3.63) is 106 Å². The zero-order valence-electron chi connectivity index (χ0n) is 16.7. The molecule has 4 heteroatoms. The minimum atomic E-state index is -0.768. The average Bonchev–Trinajstić information content (AvgIpc) is 2.79. The number of carboxylic acids is 1. The molecule has 1 aliphatic heterocycles. The van der Waals surface area contributed by atoms with E-state index in [1.54, 1.807) is 0 Å². The fourth-order valence-corrected chi connectivity index (χ4v) is 5.69. The number of carboxylic acid groups (broad SMARTS) is 1. The van der Waals surface area contributed by atoms with E-state index in [0.717, 1.165) is 13.1 Å². The van der Waals surface area contributed by atoms with Gasteiger partial charge in [0.05, 0.1) is 0 Å². The van der Waals surface area contributed by atoms with Crippen LogP contribution in [0.5, 0.6) is 0 Å². The third-order valence-corrected chi connectivity index (χ3v) is 6.97. The lowest BCUT2D eigenvalue weighted by molar-refractivity contribution is -0.140. The zero-order chi connectivity index (χ0) is 20.2. The smallest absolute Gasteiger partial charge is 0.322 e. The second-order valence-corrected chi connectivity index (χ2v) is 8.67. The highest BCUT2D eigenvalue weighted by molar-refractivity contribution is 5.74. The van der Waals surface area contributed by atoms with Gasteiger partial charge in [-0.3, -0.25) is 9.69 Å². The Morgan fingerprint density at radius 2 is 1.43 bits per heavy atom. The predicted octanol–water partition coefficient (Wildman–Crippen LogP) is 3.53. The van der Waals surface area contributed by atoms with Crippen LogP contribution in [0.2, 0.25) is 0 Å². The summed E-state index contributed by atoms with van der Waals surface area (Å²) < 4.78 is 0. The summed E-state index contributed by atoms with van der Waals surface area (Å²) in [4.78, 5) is 13.6. The molecule has 4 nitrogen and oxygen atoms in total. The van der Waals surface area contributed by atoms with Crippen LogP contribution < -0.4 is 5.32 Å². The third-order valence-electron chi connectivity index (χ3n) is 6.97. The summed E-state index contributed by atoms with van der Waals surface area (Å²) in [6, 6.07) is 24.2. The Labute approximate surface area is 176 Å². The molecule has 1 atom stereocenters. The van der Waals surface area contributed by atoms with Crippen molar-refractivity contribution in [2.45, 2.75) is 24.4 Å². The van der Waals surface area contributed by atoms with Crippen LogP contribution in [0, 0.1) is 0 Å². The summed E-state index contributed by atoms with van der Waals surface area (Å²) >= 11 is 0. The van der Waals surface area contributed by atoms with Crippen molar-refractivity contribution in [3.63, 3.8) is 0 Å². The van der Waals surface area contributed by atoms with Crippen molar-refractivity contribution in [1.82, 2.24) is 10.2 Å². The van der Waals surface area contributed by atoms with Gasteiger partial charge in [0.2, 0.25) is 0 Å². The van der Waals surface area contributed by atoms with Crippen LogP contribution in [0.1, 0.15) is 50.8 Å². The Morgan fingerprint density at radius 3 is 2.03 bits per heavy atom. The van der Waals surface area contributed by atoms with Crippen molar-refractivity contribution in [3.8, 4) is 0 Å². The Morgan fingerprint density at radius 1 is 0.867 bits per heavy atom. The Balaban J connectivity index is 1.38. The first-order valence-electron chi connectivity index (χ1n) is 10.7. The summed E-state index contributed by atoms with van der Waals surface area (Å²) in [7, 11) is 0. The topological polar surface area (TPSA) is 52.6 Å². The zero-order valence-corrected chi connectivity index (χ0v) is 16.7. The van der Waals surface area contributed by atoms with Crippen molar-refractivity contribution in [1.29, 1.82) is 0 Å². The molecule has 0 aromatic heterocycles. The number of benzene rings is 3.